The Labute approximate surface area is 200 Å². The van der Waals surface area contributed by atoms with Crippen LogP contribution in [0.4, 0.5) is 0 Å². The molecule has 4 aromatic heterocycles. The van der Waals surface area contributed by atoms with Crippen molar-refractivity contribution in [2.75, 3.05) is 20.3 Å². The Hall–Kier alpha value is -3.43. The number of rotatable bonds is 6. The molecule has 5 aromatic rings. The van der Waals surface area contributed by atoms with E-state index in [1.54, 1.807) is 23.0 Å². The Morgan fingerprint density at radius 1 is 1.15 bits per heavy atom. The second kappa shape index (κ2) is 8.73. The Bertz CT molecular complexity index is 1460. The number of hydrogen-bond acceptors (Lipinski definition) is 8. The largest absolute Gasteiger partial charge is 0.496 e. The zero-order chi connectivity index (χ0) is 23.1. The number of furan rings is 1. The normalized spacial score (nSPS) is 14.8. The molecular weight excluding hydrogens is 452 g/mol. The zero-order valence-corrected chi connectivity index (χ0v) is 19.8. The van der Waals surface area contributed by atoms with Crippen LogP contribution in [0.3, 0.4) is 0 Å². The molecule has 0 bridgehead atoms. The van der Waals surface area contributed by atoms with Crippen molar-refractivity contribution < 1.29 is 18.6 Å². The van der Waals surface area contributed by atoms with Crippen LogP contribution in [0, 0.1) is 6.92 Å². The van der Waals surface area contributed by atoms with E-state index >= 15 is 0 Å². The number of aryl methyl sites for hydroxylation is 1. The van der Waals surface area contributed by atoms with Gasteiger partial charge < -0.3 is 18.6 Å². The maximum absolute atomic E-state index is 6.21. The molecule has 0 spiro atoms. The Morgan fingerprint density at radius 2 is 2.03 bits per heavy atom. The van der Waals surface area contributed by atoms with E-state index in [4.69, 9.17) is 23.6 Å². The first kappa shape index (κ1) is 21.1. The SMILES string of the molecule is COc1cc(OCc2csc(C3CCOCC3)n2)c2cc(-c3cn4nc(C)ccc4n3)oc2c1. The third-order valence-electron chi connectivity index (χ3n) is 6.03. The highest BCUT2D eigenvalue weighted by atomic mass is 32.1. The van der Waals surface area contributed by atoms with E-state index in [2.05, 4.69) is 15.5 Å². The van der Waals surface area contributed by atoms with E-state index < -0.39 is 0 Å². The van der Waals surface area contributed by atoms with Gasteiger partial charge in [0.15, 0.2) is 11.4 Å². The lowest BCUT2D eigenvalue weighted by atomic mass is 10.0. The summed E-state index contributed by atoms with van der Waals surface area (Å²) >= 11 is 1.70. The lowest BCUT2D eigenvalue weighted by Gasteiger charge is -2.19. The number of ether oxygens (including phenoxy) is 3. The molecule has 0 aliphatic carbocycles. The fourth-order valence-electron chi connectivity index (χ4n) is 4.22. The molecule has 0 unspecified atom stereocenters. The first-order valence-electron chi connectivity index (χ1n) is 11.3. The van der Waals surface area contributed by atoms with Gasteiger partial charge in [0.05, 0.1) is 35.1 Å². The molecule has 0 atom stereocenters. The highest BCUT2D eigenvalue weighted by Crippen LogP contribution is 2.37. The van der Waals surface area contributed by atoms with Gasteiger partial charge in [-0.25, -0.2) is 14.5 Å². The zero-order valence-electron chi connectivity index (χ0n) is 19.0. The molecule has 1 saturated heterocycles. The van der Waals surface area contributed by atoms with Crippen LogP contribution in [0.25, 0.3) is 28.1 Å². The highest BCUT2D eigenvalue weighted by molar-refractivity contribution is 7.09. The van der Waals surface area contributed by atoms with Crippen molar-refractivity contribution in [3.8, 4) is 23.0 Å². The number of nitrogens with zero attached hydrogens (tertiary/aromatic N) is 4. The van der Waals surface area contributed by atoms with Crippen molar-refractivity contribution in [1.82, 2.24) is 19.6 Å². The number of aromatic nitrogens is 4. The average molecular weight is 477 g/mol. The predicted molar refractivity (Wildman–Crippen MR) is 129 cm³/mol. The smallest absolute Gasteiger partial charge is 0.155 e. The summed E-state index contributed by atoms with van der Waals surface area (Å²) in [7, 11) is 1.63. The van der Waals surface area contributed by atoms with Gasteiger partial charge in [0.2, 0.25) is 0 Å². The van der Waals surface area contributed by atoms with Gasteiger partial charge in [0.1, 0.15) is 29.4 Å². The van der Waals surface area contributed by atoms with Gasteiger partial charge in [0.25, 0.3) is 0 Å². The van der Waals surface area contributed by atoms with E-state index in [1.165, 1.54) is 5.01 Å². The van der Waals surface area contributed by atoms with Crippen molar-refractivity contribution in [1.29, 1.82) is 0 Å². The molecule has 0 amide bonds. The molecular formula is C25H24N4O4S. The summed E-state index contributed by atoms with van der Waals surface area (Å²) in [4.78, 5) is 9.47. The second-order valence-corrected chi connectivity index (χ2v) is 9.29. The minimum atomic E-state index is 0.375. The molecule has 1 fully saturated rings. The first-order chi connectivity index (χ1) is 16.7. The molecule has 1 aliphatic heterocycles. The maximum Gasteiger partial charge on any atom is 0.155 e. The van der Waals surface area contributed by atoms with Gasteiger partial charge in [-0.1, -0.05) is 0 Å². The van der Waals surface area contributed by atoms with Crippen molar-refractivity contribution in [3.05, 3.63) is 58.3 Å². The minimum Gasteiger partial charge on any atom is -0.496 e. The van der Waals surface area contributed by atoms with Gasteiger partial charge in [-0.3, -0.25) is 0 Å². The summed E-state index contributed by atoms with van der Waals surface area (Å²) in [6.45, 7) is 3.94. The predicted octanol–water partition coefficient (Wildman–Crippen LogP) is 5.39. The second-order valence-electron chi connectivity index (χ2n) is 8.40. The summed E-state index contributed by atoms with van der Waals surface area (Å²) in [6.07, 6.45) is 3.92. The van der Waals surface area contributed by atoms with Crippen LogP contribution < -0.4 is 9.47 Å². The number of imidazole rings is 1. The van der Waals surface area contributed by atoms with E-state index in [-0.39, 0.29) is 0 Å². The van der Waals surface area contributed by atoms with Gasteiger partial charge in [-0.2, -0.15) is 5.10 Å². The number of benzene rings is 1. The van der Waals surface area contributed by atoms with Gasteiger partial charge in [-0.15, -0.1) is 11.3 Å². The van der Waals surface area contributed by atoms with Crippen LogP contribution in [0.2, 0.25) is 0 Å². The quantitative estimate of drug-likeness (QED) is 0.325. The van der Waals surface area contributed by atoms with E-state index in [0.717, 1.165) is 48.5 Å². The summed E-state index contributed by atoms with van der Waals surface area (Å²) in [5.74, 6) is 2.47. The molecule has 0 saturated carbocycles. The first-order valence-corrected chi connectivity index (χ1v) is 12.1. The van der Waals surface area contributed by atoms with Crippen LogP contribution >= 0.6 is 11.3 Å². The molecule has 0 N–H and O–H groups in total. The van der Waals surface area contributed by atoms with E-state index in [1.807, 2.05) is 43.5 Å². The minimum absolute atomic E-state index is 0.375. The van der Waals surface area contributed by atoms with Crippen molar-refractivity contribution in [2.45, 2.75) is 32.3 Å². The molecule has 1 aromatic carbocycles. The Balaban J connectivity index is 1.29. The molecule has 1 aliphatic rings. The van der Waals surface area contributed by atoms with Crippen LogP contribution in [-0.2, 0) is 11.3 Å². The fourth-order valence-corrected chi connectivity index (χ4v) is 5.19. The van der Waals surface area contributed by atoms with Crippen LogP contribution in [0.1, 0.15) is 35.2 Å². The average Bonchev–Trinajstić information content (AvgIpc) is 3.60. The molecule has 9 heteroatoms. The van der Waals surface area contributed by atoms with Crippen molar-refractivity contribution >= 4 is 28.0 Å². The van der Waals surface area contributed by atoms with Crippen molar-refractivity contribution in [2.24, 2.45) is 0 Å². The summed E-state index contributed by atoms with van der Waals surface area (Å²) in [6, 6.07) is 9.56. The monoisotopic (exact) mass is 476 g/mol. The van der Waals surface area contributed by atoms with Crippen molar-refractivity contribution in [3.63, 3.8) is 0 Å². The number of hydrogen-bond donors (Lipinski definition) is 0. The van der Waals surface area contributed by atoms with E-state index in [0.29, 0.717) is 41.1 Å². The summed E-state index contributed by atoms with van der Waals surface area (Å²) in [5.41, 5.74) is 3.99. The lowest BCUT2D eigenvalue weighted by molar-refractivity contribution is 0.0852. The van der Waals surface area contributed by atoms with E-state index in [9.17, 15) is 0 Å². The van der Waals surface area contributed by atoms with Gasteiger partial charge in [-0.05, 0) is 38.0 Å². The molecule has 6 rings (SSSR count). The molecule has 34 heavy (non-hydrogen) atoms. The van der Waals surface area contributed by atoms with Gasteiger partial charge in [0, 0.05) is 36.6 Å². The van der Waals surface area contributed by atoms with Crippen LogP contribution in [-0.4, -0.2) is 39.9 Å². The molecule has 174 valence electrons. The number of fused-ring (bicyclic) bond motifs is 2. The summed E-state index contributed by atoms with van der Waals surface area (Å²) in [5, 5.41) is 8.58. The topological polar surface area (TPSA) is 83.9 Å². The Morgan fingerprint density at radius 3 is 2.88 bits per heavy atom. The molecule has 5 heterocycles. The molecule has 0 radical (unpaired) electrons. The standard InChI is InChI=1S/C25H24N4O4S/c1-15-3-4-24-27-20(12-29(24)28-15)23-11-19-21(9-18(30-2)10-22(19)33-23)32-13-17-14-34-25(26-17)16-5-7-31-8-6-16/h3-4,9-12,14,16H,5-8,13H2,1-2H3. The lowest BCUT2D eigenvalue weighted by Crippen LogP contribution is -2.14. The maximum atomic E-state index is 6.21. The number of thiazole rings is 1. The fraction of sp³-hybridized carbons (Fsp3) is 0.320. The Kier molecular flexibility index (Phi) is 5.43. The van der Waals surface area contributed by atoms with Crippen LogP contribution in [0.5, 0.6) is 11.5 Å². The summed E-state index contributed by atoms with van der Waals surface area (Å²) < 4.78 is 25.1. The number of methoxy groups -OCH3 is 1. The highest BCUT2D eigenvalue weighted by Gasteiger charge is 2.20. The van der Waals surface area contributed by atoms with Gasteiger partial charge >= 0.3 is 0 Å². The molecule has 8 nitrogen and oxygen atoms in total. The van der Waals surface area contributed by atoms with Crippen LogP contribution in [0.15, 0.2) is 46.3 Å². The third kappa shape index (κ3) is 4.01. The third-order valence-corrected chi connectivity index (χ3v) is 7.09.